The molecule has 0 aliphatic rings. The van der Waals surface area contributed by atoms with Crippen molar-refractivity contribution in [2.45, 2.75) is 26.2 Å². The SMILES string of the molecule is Cc1cnc2[nH]cc(Cc3ccc(CCc4cccnc4F)nc3F)c2c1. The predicted molar refractivity (Wildman–Crippen MR) is 99.4 cm³/mol. The van der Waals surface area contributed by atoms with Crippen LogP contribution in [-0.4, -0.2) is 19.9 Å². The summed E-state index contributed by atoms with van der Waals surface area (Å²) in [5.74, 6) is -0.980. The molecule has 0 spiro atoms. The number of aryl methyl sites for hydroxylation is 3. The summed E-state index contributed by atoms with van der Waals surface area (Å²) in [7, 11) is 0. The molecule has 6 heteroatoms. The molecule has 0 aliphatic heterocycles. The fourth-order valence-corrected chi connectivity index (χ4v) is 3.15. The fraction of sp³-hybridized carbons (Fsp3) is 0.190. The second-order valence-corrected chi connectivity index (χ2v) is 6.61. The van der Waals surface area contributed by atoms with E-state index in [-0.39, 0.29) is 0 Å². The lowest BCUT2D eigenvalue weighted by molar-refractivity contribution is 0.556. The minimum atomic E-state index is -0.492. The lowest BCUT2D eigenvalue weighted by Gasteiger charge is -2.06. The van der Waals surface area contributed by atoms with Crippen molar-refractivity contribution in [2.75, 3.05) is 0 Å². The number of hydrogen-bond acceptors (Lipinski definition) is 3. The van der Waals surface area contributed by atoms with Crippen molar-refractivity contribution >= 4 is 11.0 Å². The lowest BCUT2D eigenvalue weighted by Crippen LogP contribution is -2.02. The van der Waals surface area contributed by atoms with Gasteiger partial charge in [-0.1, -0.05) is 12.1 Å². The largest absolute Gasteiger partial charge is 0.346 e. The highest BCUT2D eigenvalue weighted by Crippen LogP contribution is 2.22. The third-order valence-electron chi connectivity index (χ3n) is 4.60. The summed E-state index contributed by atoms with van der Waals surface area (Å²) in [6.07, 6.45) is 6.38. The van der Waals surface area contributed by atoms with Crippen molar-refractivity contribution < 1.29 is 8.78 Å². The van der Waals surface area contributed by atoms with Gasteiger partial charge in [0.15, 0.2) is 0 Å². The van der Waals surface area contributed by atoms with Crippen LogP contribution in [0.4, 0.5) is 8.78 Å². The number of halogens is 2. The first kappa shape index (κ1) is 17.3. The van der Waals surface area contributed by atoms with Crippen molar-refractivity contribution in [3.05, 3.63) is 88.8 Å². The molecular formula is C21H18F2N4. The summed E-state index contributed by atoms with van der Waals surface area (Å²) in [5, 5.41) is 0.991. The third kappa shape index (κ3) is 3.69. The molecule has 4 aromatic rings. The number of nitrogens with zero attached hydrogens (tertiary/aromatic N) is 3. The first-order chi connectivity index (χ1) is 13.1. The monoisotopic (exact) mass is 364 g/mol. The zero-order valence-corrected chi connectivity index (χ0v) is 14.8. The smallest absolute Gasteiger partial charge is 0.216 e. The van der Waals surface area contributed by atoms with Crippen LogP contribution in [0.1, 0.15) is 27.9 Å². The molecule has 4 aromatic heterocycles. The number of fused-ring (bicyclic) bond motifs is 1. The van der Waals surface area contributed by atoms with Gasteiger partial charge in [-0.15, -0.1) is 0 Å². The maximum Gasteiger partial charge on any atom is 0.216 e. The van der Waals surface area contributed by atoms with Gasteiger partial charge in [-0.2, -0.15) is 8.78 Å². The molecule has 0 aromatic carbocycles. The number of H-pyrrole nitrogens is 1. The third-order valence-corrected chi connectivity index (χ3v) is 4.60. The molecule has 0 aliphatic carbocycles. The highest BCUT2D eigenvalue weighted by molar-refractivity contribution is 5.80. The average Bonchev–Trinajstić information content (AvgIpc) is 3.05. The molecule has 4 nitrogen and oxygen atoms in total. The Kier molecular flexibility index (Phi) is 4.62. The van der Waals surface area contributed by atoms with E-state index in [1.54, 1.807) is 30.5 Å². The minimum Gasteiger partial charge on any atom is -0.346 e. The summed E-state index contributed by atoms with van der Waals surface area (Å²) in [5.41, 5.74) is 4.45. The molecule has 136 valence electrons. The van der Waals surface area contributed by atoms with Crippen molar-refractivity contribution in [3.63, 3.8) is 0 Å². The molecule has 0 unspecified atom stereocenters. The molecular weight excluding hydrogens is 346 g/mol. The Bertz CT molecular complexity index is 1100. The summed E-state index contributed by atoms with van der Waals surface area (Å²) < 4.78 is 28.1. The fourth-order valence-electron chi connectivity index (χ4n) is 3.15. The van der Waals surface area contributed by atoms with E-state index in [4.69, 9.17) is 0 Å². The normalized spacial score (nSPS) is 11.2. The molecule has 4 rings (SSSR count). The van der Waals surface area contributed by atoms with Crippen LogP contribution >= 0.6 is 0 Å². The molecule has 0 bridgehead atoms. The van der Waals surface area contributed by atoms with Crippen LogP contribution in [0.25, 0.3) is 11.0 Å². The Morgan fingerprint density at radius 3 is 2.67 bits per heavy atom. The van der Waals surface area contributed by atoms with Gasteiger partial charge in [-0.25, -0.2) is 15.0 Å². The summed E-state index contributed by atoms with van der Waals surface area (Å²) >= 11 is 0. The van der Waals surface area contributed by atoms with Gasteiger partial charge in [0.2, 0.25) is 11.9 Å². The second kappa shape index (κ2) is 7.23. The van der Waals surface area contributed by atoms with E-state index in [9.17, 15) is 8.78 Å². The van der Waals surface area contributed by atoms with Crippen LogP contribution in [0.15, 0.2) is 48.9 Å². The van der Waals surface area contributed by atoms with Crippen molar-refractivity contribution in [1.82, 2.24) is 19.9 Å². The summed E-state index contributed by atoms with van der Waals surface area (Å²) in [6, 6.07) is 8.95. The molecule has 0 radical (unpaired) electrons. The first-order valence-electron chi connectivity index (χ1n) is 8.76. The average molecular weight is 364 g/mol. The van der Waals surface area contributed by atoms with E-state index in [0.29, 0.717) is 36.1 Å². The van der Waals surface area contributed by atoms with E-state index in [0.717, 1.165) is 22.2 Å². The zero-order chi connectivity index (χ0) is 18.8. The lowest BCUT2D eigenvalue weighted by atomic mass is 10.0. The molecule has 0 saturated heterocycles. The molecule has 4 heterocycles. The van der Waals surface area contributed by atoms with E-state index < -0.39 is 11.9 Å². The standard InChI is InChI=1S/C21H18F2N4/c1-13-9-18-16(12-26-21(18)25-11-13)10-15-5-7-17(27-20(15)23)6-4-14-3-2-8-24-19(14)22/h2-3,5,7-9,11-12H,4,6,10H2,1H3,(H,25,26). The second-order valence-electron chi connectivity index (χ2n) is 6.61. The van der Waals surface area contributed by atoms with Crippen LogP contribution < -0.4 is 0 Å². The first-order valence-corrected chi connectivity index (χ1v) is 8.76. The Balaban J connectivity index is 1.51. The van der Waals surface area contributed by atoms with E-state index in [1.807, 2.05) is 19.2 Å². The number of aromatic amines is 1. The molecule has 27 heavy (non-hydrogen) atoms. The van der Waals surface area contributed by atoms with Crippen molar-refractivity contribution in [1.29, 1.82) is 0 Å². The molecule has 0 atom stereocenters. The van der Waals surface area contributed by atoms with Crippen molar-refractivity contribution in [3.8, 4) is 0 Å². The highest BCUT2D eigenvalue weighted by atomic mass is 19.1. The van der Waals surface area contributed by atoms with Crippen LogP contribution in [0.3, 0.4) is 0 Å². The topological polar surface area (TPSA) is 54.5 Å². The summed E-state index contributed by atoms with van der Waals surface area (Å²) in [6.45, 7) is 1.98. The van der Waals surface area contributed by atoms with E-state index in [2.05, 4.69) is 19.9 Å². The Morgan fingerprint density at radius 1 is 0.963 bits per heavy atom. The quantitative estimate of drug-likeness (QED) is 0.537. The number of pyridine rings is 3. The number of aromatic nitrogens is 4. The van der Waals surface area contributed by atoms with Crippen LogP contribution in [0, 0.1) is 18.8 Å². The van der Waals surface area contributed by atoms with Gasteiger partial charge < -0.3 is 4.98 Å². The Morgan fingerprint density at radius 2 is 1.85 bits per heavy atom. The Hall–Kier alpha value is -3.15. The number of nitrogens with one attached hydrogen (secondary N) is 1. The predicted octanol–water partition coefficient (Wildman–Crippen LogP) is 4.32. The molecule has 1 N–H and O–H groups in total. The van der Waals surface area contributed by atoms with Gasteiger partial charge in [0, 0.05) is 47.2 Å². The van der Waals surface area contributed by atoms with Gasteiger partial charge >= 0.3 is 0 Å². The highest BCUT2D eigenvalue weighted by Gasteiger charge is 2.11. The number of hydrogen-bond donors (Lipinski definition) is 1. The maximum absolute atomic E-state index is 14.5. The molecule has 0 saturated carbocycles. The molecule has 0 amide bonds. The van der Waals surface area contributed by atoms with Crippen LogP contribution in [0.5, 0.6) is 0 Å². The van der Waals surface area contributed by atoms with E-state index >= 15 is 0 Å². The Labute approximate surface area is 155 Å². The molecule has 0 fully saturated rings. The van der Waals surface area contributed by atoms with Gasteiger partial charge in [-0.05, 0) is 49.1 Å². The van der Waals surface area contributed by atoms with Gasteiger partial charge in [0.25, 0.3) is 0 Å². The van der Waals surface area contributed by atoms with Gasteiger partial charge in [0.1, 0.15) is 5.65 Å². The minimum absolute atomic E-state index is 0.429. The summed E-state index contributed by atoms with van der Waals surface area (Å²) in [4.78, 5) is 15.1. The van der Waals surface area contributed by atoms with Crippen molar-refractivity contribution in [2.24, 2.45) is 0 Å². The van der Waals surface area contributed by atoms with Crippen LogP contribution in [-0.2, 0) is 19.3 Å². The maximum atomic E-state index is 14.5. The van der Waals surface area contributed by atoms with E-state index in [1.165, 1.54) is 6.20 Å². The zero-order valence-electron chi connectivity index (χ0n) is 14.8. The number of rotatable bonds is 5. The van der Waals surface area contributed by atoms with Gasteiger partial charge in [-0.3, -0.25) is 0 Å². The van der Waals surface area contributed by atoms with Gasteiger partial charge in [0.05, 0.1) is 0 Å². The van der Waals surface area contributed by atoms with Crippen LogP contribution in [0.2, 0.25) is 0 Å².